The van der Waals surface area contributed by atoms with Crippen molar-refractivity contribution in [3.8, 4) is 22.3 Å². The van der Waals surface area contributed by atoms with Gasteiger partial charge in [-0.05, 0) is 47.5 Å². The van der Waals surface area contributed by atoms with Crippen molar-refractivity contribution in [1.29, 1.82) is 0 Å². The van der Waals surface area contributed by atoms with Gasteiger partial charge in [0.2, 0.25) is 0 Å². The van der Waals surface area contributed by atoms with Gasteiger partial charge in [-0.2, -0.15) is 0 Å². The summed E-state index contributed by atoms with van der Waals surface area (Å²) in [5.41, 5.74) is 5.00. The molecule has 0 amide bonds. The Morgan fingerprint density at radius 2 is 1.17 bits per heavy atom. The van der Waals surface area contributed by atoms with E-state index in [0.29, 0.717) is 0 Å². The van der Waals surface area contributed by atoms with Gasteiger partial charge in [-0.25, -0.2) is 0 Å². The Morgan fingerprint density at radius 3 is 1.74 bits per heavy atom. The van der Waals surface area contributed by atoms with Crippen LogP contribution in [0.25, 0.3) is 22.3 Å². The molecule has 0 atom stereocenters. The first-order valence-electron chi connectivity index (χ1n) is 7.82. The van der Waals surface area contributed by atoms with E-state index < -0.39 is 9.04 Å². The standard InChI is InChI=1S/C20H20OSSi/c1-23(2)21-22-18-14-12-17(13-15-18)20-11-7-6-10-19(20)16-8-4-3-5-9-16/h3-15,23H,1-2H3. The summed E-state index contributed by atoms with van der Waals surface area (Å²) in [6.07, 6.45) is 0. The van der Waals surface area contributed by atoms with Crippen molar-refractivity contribution in [2.45, 2.75) is 18.0 Å². The predicted octanol–water partition coefficient (Wildman–Crippen LogP) is 6.03. The minimum atomic E-state index is -0.998. The van der Waals surface area contributed by atoms with Crippen molar-refractivity contribution in [1.82, 2.24) is 0 Å². The van der Waals surface area contributed by atoms with Crippen molar-refractivity contribution in [2.75, 3.05) is 0 Å². The molecule has 0 aromatic heterocycles. The number of rotatable bonds is 5. The zero-order chi connectivity index (χ0) is 16.1. The zero-order valence-electron chi connectivity index (χ0n) is 13.4. The van der Waals surface area contributed by atoms with Crippen molar-refractivity contribution in [3.05, 3.63) is 78.9 Å². The molecule has 0 radical (unpaired) electrons. The van der Waals surface area contributed by atoms with Crippen molar-refractivity contribution in [3.63, 3.8) is 0 Å². The van der Waals surface area contributed by atoms with E-state index in [-0.39, 0.29) is 0 Å². The maximum atomic E-state index is 5.72. The van der Waals surface area contributed by atoms with Crippen molar-refractivity contribution < 1.29 is 3.87 Å². The fourth-order valence-electron chi connectivity index (χ4n) is 2.45. The van der Waals surface area contributed by atoms with Gasteiger partial charge in [0.05, 0.1) is 0 Å². The molecule has 0 unspecified atom stereocenters. The lowest BCUT2D eigenvalue weighted by molar-refractivity contribution is 0.680. The summed E-state index contributed by atoms with van der Waals surface area (Å²) in [5, 5.41) is 0. The Morgan fingerprint density at radius 1 is 0.652 bits per heavy atom. The van der Waals surface area contributed by atoms with E-state index in [2.05, 4.69) is 92.0 Å². The van der Waals surface area contributed by atoms with Gasteiger partial charge in [-0.1, -0.05) is 66.7 Å². The molecule has 3 rings (SSSR count). The topological polar surface area (TPSA) is 9.23 Å². The predicted molar refractivity (Wildman–Crippen MR) is 103 cm³/mol. The van der Waals surface area contributed by atoms with Crippen LogP contribution in [0, 0.1) is 0 Å². The summed E-state index contributed by atoms with van der Waals surface area (Å²) >= 11 is 1.49. The summed E-state index contributed by atoms with van der Waals surface area (Å²) in [7, 11) is -0.998. The first-order chi connectivity index (χ1) is 11.2. The second kappa shape index (κ2) is 7.64. The van der Waals surface area contributed by atoms with Gasteiger partial charge in [0.1, 0.15) is 0 Å². The number of hydrogen-bond acceptors (Lipinski definition) is 2. The van der Waals surface area contributed by atoms with Gasteiger partial charge >= 0.3 is 0 Å². The van der Waals surface area contributed by atoms with E-state index >= 15 is 0 Å². The largest absolute Gasteiger partial charge is 0.358 e. The Kier molecular flexibility index (Phi) is 5.33. The molecule has 0 N–H and O–H groups in total. The van der Waals surface area contributed by atoms with E-state index in [0.717, 1.165) is 4.90 Å². The molecule has 116 valence electrons. The third-order valence-electron chi connectivity index (χ3n) is 3.51. The van der Waals surface area contributed by atoms with Crippen LogP contribution < -0.4 is 0 Å². The fourth-order valence-corrected chi connectivity index (χ4v) is 3.91. The minimum absolute atomic E-state index is 0.998. The summed E-state index contributed by atoms with van der Waals surface area (Å²) in [6.45, 7) is 4.36. The maximum Gasteiger partial charge on any atom is 0.190 e. The van der Waals surface area contributed by atoms with Crippen LogP contribution in [-0.2, 0) is 3.87 Å². The number of benzene rings is 3. The molecular weight excluding hydrogens is 316 g/mol. The lowest BCUT2D eigenvalue weighted by Gasteiger charge is -2.11. The van der Waals surface area contributed by atoms with E-state index in [4.69, 9.17) is 3.87 Å². The van der Waals surface area contributed by atoms with Gasteiger partial charge in [0.15, 0.2) is 9.04 Å². The average Bonchev–Trinajstić information content (AvgIpc) is 2.61. The summed E-state index contributed by atoms with van der Waals surface area (Å²) in [4.78, 5) is 1.16. The Balaban J connectivity index is 1.90. The molecule has 0 spiro atoms. The first kappa shape index (κ1) is 16.1. The van der Waals surface area contributed by atoms with Gasteiger partial charge < -0.3 is 3.87 Å². The lowest BCUT2D eigenvalue weighted by Crippen LogP contribution is -2.00. The molecule has 3 heteroatoms. The van der Waals surface area contributed by atoms with Crippen molar-refractivity contribution in [2.24, 2.45) is 0 Å². The molecule has 1 nitrogen and oxygen atoms in total. The van der Waals surface area contributed by atoms with E-state index in [9.17, 15) is 0 Å². The second-order valence-electron chi connectivity index (χ2n) is 5.66. The summed E-state index contributed by atoms with van der Waals surface area (Å²) < 4.78 is 5.72. The van der Waals surface area contributed by atoms with Crippen LogP contribution in [0.2, 0.25) is 13.1 Å². The normalized spacial score (nSPS) is 10.9. The Bertz CT molecular complexity index is 754. The molecule has 0 saturated carbocycles. The molecule has 0 heterocycles. The second-order valence-corrected chi connectivity index (χ2v) is 9.17. The van der Waals surface area contributed by atoms with Gasteiger partial charge in [0.25, 0.3) is 0 Å². The van der Waals surface area contributed by atoms with Crippen LogP contribution >= 0.6 is 12.0 Å². The quantitative estimate of drug-likeness (QED) is 0.416. The Hall–Kier alpha value is -1.81. The highest BCUT2D eigenvalue weighted by Gasteiger charge is 2.07. The van der Waals surface area contributed by atoms with E-state index in [1.165, 1.54) is 34.3 Å². The monoisotopic (exact) mass is 336 g/mol. The van der Waals surface area contributed by atoms with Crippen LogP contribution in [0.1, 0.15) is 0 Å². The van der Waals surface area contributed by atoms with Crippen LogP contribution in [0.15, 0.2) is 83.8 Å². The molecule has 23 heavy (non-hydrogen) atoms. The Labute approximate surface area is 144 Å². The van der Waals surface area contributed by atoms with E-state index in [1.54, 1.807) is 0 Å². The van der Waals surface area contributed by atoms with Gasteiger partial charge in [-0.3, -0.25) is 0 Å². The summed E-state index contributed by atoms with van der Waals surface area (Å²) in [6, 6.07) is 27.7. The molecule has 0 aliphatic carbocycles. The highest BCUT2D eigenvalue weighted by molar-refractivity contribution is 7.95. The molecule has 0 fully saturated rings. The van der Waals surface area contributed by atoms with Gasteiger partial charge in [0, 0.05) is 16.9 Å². The third-order valence-corrected chi connectivity index (χ3v) is 5.90. The molecule has 3 aromatic rings. The smallest absolute Gasteiger partial charge is 0.190 e. The molecule has 0 aliphatic rings. The minimum Gasteiger partial charge on any atom is -0.358 e. The average molecular weight is 337 g/mol. The first-order valence-corrected chi connectivity index (χ1v) is 11.3. The van der Waals surface area contributed by atoms with Crippen molar-refractivity contribution >= 4 is 21.1 Å². The van der Waals surface area contributed by atoms with Gasteiger partial charge in [-0.15, -0.1) is 0 Å². The van der Waals surface area contributed by atoms with Crippen LogP contribution in [0.5, 0.6) is 0 Å². The fraction of sp³-hybridized carbons (Fsp3) is 0.100. The van der Waals surface area contributed by atoms with Crippen LogP contribution in [-0.4, -0.2) is 9.04 Å². The molecule has 0 aliphatic heterocycles. The highest BCUT2D eigenvalue weighted by Crippen LogP contribution is 2.33. The lowest BCUT2D eigenvalue weighted by atomic mass is 9.95. The summed E-state index contributed by atoms with van der Waals surface area (Å²) in [5.74, 6) is 0. The highest BCUT2D eigenvalue weighted by atomic mass is 32.2. The number of hydrogen-bond donors (Lipinski definition) is 0. The molecule has 3 aromatic carbocycles. The zero-order valence-corrected chi connectivity index (χ0v) is 15.4. The maximum absolute atomic E-state index is 5.72. The van der Waals surface area contributed by atoms with Crippen LogP contribution in [0.4, 0.5) is 0 Å². The molecule has 0 saturated heterocycles. The SMILES string of the molecule is C[SiH](C)OSc1ccc(-c2ccccc2-c2ccccc2)cc1. The van der Waals surface area contributed by atoms with Crippen LogP contribution in [0.3, 0.4) is 0 Å². The third kappa shape index (κ3) is 4.13. The van der Waals surface area contributed by atoms with E-state index in [1.807, 2.05) is 0 Å². The molecular formula is C20H20OSSi. The molecule has 0 bridgehead atoms.